The third-order valence-electron chi connectivity index (χ3n) is 2.64. The number of hydrogen-bond donors (Lipinski definition) is 1. The van der Waals surface area contributed by atoms with Crippen molar-refractivity contribution >= 4 is 23.2 Å². The molecule has 1 heterocycles. The van der Waals surface area contributed by atoms with E-state index in [1.807, 2.05) is 6.07 Å². The van der Waals surface area contributed by atoms with E-state index >= 15 is 0 Å². The molecule has 0 fully saturated rings. The summed E-state index contributed by atoms with van der Waals surface area (Å²) >= 11 is 11.5. The highest BCUT2D eigenvalue weighted by Gasteiger charge is 2.22. The summed E-state index contributed by atoms with van der Waals surface area (Å²) in [6.07, 6.45) is 4.28. The quantitative estimate of drug-likeness (QED) is 0.641. The Balaban J connectivity index is 2.70. The monoisotopic (exact) mass is 246 g/mol. The molecule has 2 nitrogen and oxygen atoms in total. The standard InChI is InChI=1S/C11H16Cl2N2/c1-2-11(14,5-6-12)7-9-3-4-10(13)15-8-9/h3-4,8H,2,5-7,14H2,1H3. The van der Waals surface area contributed by atoms with Gasteiger partial charge in [-0.05, 0) is 30.9 Å². The molecule has 0 radical (unpaired) electrons. The van der Waals surface area contributed by atoms with Gasteiger partial charge in [-0.3, -0.25) is 0 Å². The van der Waals surface area contributed by atoms with Crippen LogP contribution in [-0.2, 0) is 6.42 Å². The normalized spacial score (nSPS) is 14.9. The maximum absolute atomic E-state index is 6.23. The zero-order chi connectivity index (χ0) is 11.3. The minimum Gasteiger partial charge on any atom is -0.325 e. The molecule has 0 aromatic carbocycles. The van der Waals surface area contributed by atoms with Crippen molar-refractivity contribution in [2.75, 3.05) is 5.88 Å². The largest absolute Gasteiger partial charge is 0.325 e. The maximum Gasteiger partial charge on any atom is 0.129 e. The van der Waals surface area contributed by atoms with Gasteiger partial charge in [0.1, 0.15) is 5.15 Å². The Bertz CT molecular complexity index is 300. The summed E-state index contributed by atoms with van der Waals surface area (Å²) in [4.78, 5) is 4.03. The molecule has 0 saturated carbocycles. The van der Waals surface area contributed by atoms with Crippen molar-refractivity contribution in [1.29, 1.82) is 0 Å². The molecule has 1 unspecified atom stereocenters. The zero-order valence-corrected chi connectivity index (χ0v) is 10.4. The van der Waals surface area contributed by atoms with E-state index in [1.54, 1.807) is 12.3 Å². The molecule has 0 amide bonds. The second-order valence-electron chi connectivity index (χ2n) is 3.82. The van der Waals surface area contributed by atoms with Crippen LogP contribution < -0.4 is 5.73 Å². The lowest BCUT2D eigenvalue weighted by atomic mass is 9.87. The van der Waals surface area contributed by atoms with E-state index in [9.17, 15) is 0 Å². The Kier molecular flexibility index (Phi) is 4.84. The van der Waals surface area contributed by atoms with Crippen LogP contribution in [0.25, 0.3) is 0 Å². The van der Waals surface area contributed by atoms with E-state index < -0.39 is 0 Å². The summed E-state index contributed by atoms with van der Waals surface area (Å²) in [5.74, 6) is 0.589. The van der Waals surface area contributed by atoms with Crippen LogP contribution in [0.15, 0.2) is 18.3 Å². The van der Waals surface area contributed by atoms with Gasteiger partial charge in [0.25, 0.3) is 0 Å². The maximum atomic E-state index is 6.23. The van der Waals surface area contributed by atoms with Gasteiger partial charge in [0, 0.05) is 17.6 Å². The van der Waals surface area contributed by atoms with Gasteiger partial charge in [0.15, 0.2) is 0 Å². The van der Waals surface area contributed by atoms with Crippen LogP contribution >= 0.6 is 23.2 Å². The van der Waals surface area contributed by atoms with E-state index in [4.69, 9.17) is 28.9 Å². The second kappa shape index (κ2) is 5.69. The second-order valence-corrected chi connectivity index (χ2v) is 4.59. The number of nitrogens with zero attached hydrogens (tertiary/aromatic N) is 1. The Morgan fingerprint density at radius 2 is 2.20 bits per heavy atom. The number of hydrogen-bond acceptors (Lipinski definition) is 2. The molecule has 2 N–H and O–H groups in total. The van der Waals surface area contributed by atoms with Gasteiger partial charge in [-0.1, -0.05) is 24.6 Å². The number of nitrogens with two attached hydrogens (primary N) is 1. The molecular formula is C11H16Cl2N2. The molecule has 0 aliphatic carbocycles. The molecule has 15 heavy (non-hydrogen) atoms. The van der Waals surface area contributed by atoms with Gasteiger partial charge in [-0.25, -0.2) is 4.98 Å². The third-order valence-corrected chi connectivity index (χ3v) is 3.05. The Labute approximate surface area is 101 Å². The fraction of sp³-hybridized carbons (Fsp3) is 0.545. The predicted octanol–water partition coefficient (Wildman–Crippen LogP) is 3.01. The van der Waals surface area contributed by atoms with Gasteiger partial charge in [-0.15, -0.1) is 11.6 Å². The molecule has 4 heteroatoms. The van der Waals surface area contributed by atoms with Crippen LogP contribution in [0.1, 0.15) is 25.3 Å². The minimum atomic E-state index is -0.225. The lowest BCUT2D eigenvalue weighted by molar-refractivity contribution is 0.395. The first kappa shape index (κ1) is 12.8. The van der Waals surface area contributed by atoms with Crippen molar-refractivity contribution in [1.82, 2.24) is 4.98 Å². The number of halogens is 2. The first-order chi connectivity index (χ1) is 7.09. The smallest absolute Gasteiger partial charge is 0.129 e. The first-order valence-corrected chi connectivity index (χ1v) is 5.96. The van der Waals surface area contributed by atoms with Gasteiger partial charge < -0.3 is 5.73 Å². The van der Waals surface area contributed by atoms with Crippen molar-refractivity contribution < 1.29 is 0 Å². The van der Waals surface area contributed by atoms with Crippen LogP contribution in [-0.4, -0.2) is 16.4 Å². The molecule has 0 bridgehead atoms. The molecule has 0 spiro atoms. The average molecular weight is 247 g/mol. The summed E-state index contributed by atoms with van der Waals surface area (Å²) in [5, 5.41) is 0.509. The highest BCUT2D eigenvalue weighted by atomic mass is 35.5. The Hall–Kier alpha value is -0.310. The number of aromatic nitrogens is 1. The van der Waals surface area contributed by atoms with E-state index in [1.165, 1.54) is 0 Å². The summed E-state index contributed by atoms with van der Waals surface area (Å²) in [6.45, 7) is 2.08. The SMILES string of the molecule is CCC(N)(CCCl)Cc1ccc(Cl)nc1. The fourth-order valence-corrected chi connectivity index (χ4v) is 1.98. The molecule has 0 aliphatic rings. The summed E-state index contributed by atoms with van der Waals surface area (Å²) in [5.41, 5.74) is 7.11. The average Bonchev–Trinajstić information content (AvgIpc) is 2.22. The third kappa shape index (κ3) is 3.98. The highest BCUT2D eigenvalue weighted by molar-refractivity contribution is 6.29. The Morgan fingerprint density at radius 3 is 2.67 bits per heavy atom. The van der Waals surface area contributed by atoms with Gasteiger partial charge in [-0.2, -0.15) is 0 Å². The number of alkyl halides is 1. The van der Waals surface area contributed by atoms with Crippen molar-refractivity contribution in [3.8, 4) is 0 Å². The molecular weight excluding hydrogens is 231 g/mol. The number of rotatable bonds is 5. The lowest BCUT2D eigenvalue weighted by Crippen LogP contribution is -2.41. The highest BCUT2D eigenvalue weighted by Crippen LogP contribution is 2.19. The molecule has 1 rings (SSSR count). The van der Waals surface area contributed by atoms with E-state index in [0.717, 1.165) is 24.8 Å². The zero-order valence-electron chi connectivity index (χ0n) is 8.84. The van der Waals surface area contributed by atoms with Crippen LogP contribution in [0.3, 0.4) is 0 Å². The molecule has 1 aromatic rings. The van der Waals surface area contributed by atoms with Gasteiger partial charge in [0.05, 0.1) is 0 Å². The van der Waals surface area contributed by atoms with E-state index in [-0.39, 0.29) is 5.54 Å². The van der Waals surface area contributed by atoms with E-state index in [0.29, 0.717) is 11.0 Å². The van der Waals surface area contributed by atoms with Crippen LogP contribution in [0.2, 0.25) is 5.15 Å². The van der Waals surface area contributed by atoms with Crippen molar-refractivity contribution in [3.63, 3.8) is 0 Å². The molecule has 84 valence electrons. The topological polar surface area (TPSA) is 38.9 Å². The predicted molar refractivity (Wildman–Crippen MR) is 65.5 cm³/mol. The minimum absolute atomic E-state index is 0.225. The van der Waals surface area contributed by atoms with Crippen LogP contribution in [0, 0.1) is 0 Å². The number of pyridine rings is 1. The van der Waals surface area contributed by atoms with Gasteiger partial charge >= 0.3 is 0 Å². The Morgan fingerprint density at radius 1 is 1.47 bits per heavy atom. The van der Waals surface area contributed by atoms with Gasteiger partial charge in [0.2, 0.25) is 0 Å². The summed E-state index contributed by atoms with van der Waals surface area (Å²) in [7, 11) is 0. The molecule has 0 saturated heterocycles. The summed E-state index contributed by atoms with van der Waals surface area (Å²) in [6, 6.07) is 3.74. The summed E-state index contributed by atoms with van der Waals surface area (Å²) < 4.78 is 0. The first-order valence-electron chi connectivity index (χ1n) is 5.05. The van der Waals surface area contributed by atoms with Crippen molar-refractivity contribution in [2.45, 2.75) is 31.7 Å². The van der Waals surface area contributed by atoms with E-state index in [2.05, 4.69) is 11.9 Å². The molecule has 1 aromatic heterocycles. The van der Waals surface area contributed by atoms with Crippen molar-refractivity contribution in [3.05, 3.63) is 29.0 Å². The molecule has 1 atom stereocenters. The fourth-order valence-electron chi connectivity index (χ4n) is 1.50. The van der Waals surface area contributed by atoms with Crippen LogP contribution in [0.5, 0.6) is 0 Å². The lowest BCUT2D eigenvalue weighted by Gasteiger charge is -2.27. The van der Waals surface area contributed by atoms with Crippen LogP contribution in [0.4, 0.5) is 0 Å². The molecule has 0 aliphatic heterocycles. The van der Waals surface area contributed by atoms with Crippen molar-refractivity contribution in [2.24, 2.45) is 5.73 Å².